The van der Waals surface area contributed by atoms with E-state index in [9.17, 15) is 18.4 Å². The highest BCUT2D eigenvalue weighted by Gasteiger charge is 2.27. The minimum absolute atomic E-state index is 0.0424. The van der Waals surface area contributed by atoms with Gasteiger partial charge in [-0.05, 0) is 48.6 Å². The summed E-state index contributed by atoms with van der Waals surface area (Å²) in [5.74, 6) is -2.50. The molecular weight excluding hydrogens is 378 g/mol. The highest BCUT2D eigenvalue weighted by atomic mass is 19.1. The predicted molar refractivity (Wildman–Crippen MR) is 103 cm³/mol. The standard InChI is InChI=1S/C22H20F2N2O3/c1-26(19-8-4-6-13-5-2-3-7-14(13)19)20(27)12-29-22(28)18-11-15-16(23)9-10-17(24)21(15)25-18/h2-3,5,7,9-11,19,25H,4,6,8,12H2,1H3. The number of benzene rings is 2. The quantitative estimate of drug-likeness (QED) is 0.672. The molecular formula is C22H20F2N2O3. The maximum atomic E-state index is 13.8. The molecule has 1 N–H and O–H groups in total. The molecule has 1 aliphatic carbocycles. The predicted octanol–water partition coefficient (Wildman–Crippen LogP) is 4.14. The zero-order valence-corrected chi connectivity index (χ0v) is 15.9. The van der Waals surface area contributed by atoms with Crippen molar-refractivity contribution in [2.24, 2.45) is 0 Å². The summed E-state index contributed by atoms with van der Waals surface area (Å²) in [5.41, 5.74) is 2.12. The number of hydrogen-bond donors (Lipinski definition) is 1. The number of ether oxygens (including phenoxy) is 1. The molecule has 1 heterocycles. The third-order valence-electron chi connectivity index (χ3n) is 5.44. The van der Waals surface area contributed by atoms with Crippen molar-refractivity contribution in [1.29, 1.82) is 0 Å². The molecule has 1 amide bonds. The first-order chi connectivity index (χ1) is 14.0. The van der Waals surface area contributed by atoms with E-state index in [2.05, 4.69) is 11.1 Å². The molecule has 0 saturated carbocycles. The Labute approximate surface area is 166 Å². The highest BCUT2D eigenvalue weighted by molar-refractivity contribution is 5.96. The number of fused-ring (bicyclic) bond motifs is 2. The largest absolute Gasteiger partial charge is 0.451 e. The van der Waals surface area contributed by atoms with Crippen LogP contribution in [0, 0.1) is 11.6 Å². The molecule has 4 rings (SSSR count). The Morgan fingerprint density at radius 2 is 1.93 bits per heavy atom. The van der Waals surface area contributed by atoms with Gasteiger partial charge in [-0.15, -0.1) is 0 Å². The molecule has 150 valence electrons. The normalized spacial score (nSPS) is 15.8. The van der Waals surface area contributed by atoms with Crippen molar-refractivity contribution in [3.63, 3.8) is 0 Å². The second kappa shape index (κ2) is 7.66. The number of nitrogens with zero attached hydrogens (tertiary/aromatic N) is 1. The first kappa shape index (κ1) is 19.1. The molecule has 5 nitrogen and oxygen atoms in total. The molecule has 1 unspecified atom stereocenters. The molecule has 0 fully saturated rings. The lowest BCUT2D eigenvalue weighted by Gasteiger charge is -2.33. The molecule has 1 atom stereocenters. The van der Waals surface area contributed by atoms with Crippen LogP contribution in [0.15, 0.2) is 42.5 Å². The number of rotatable bonds is 4. The van der Waals surface area contributed by atoms with Gasteiger partial charge in [-0.25, -0.2) is 13.6 Å². The second-order valence-electron chi connectivity index (χ2n) is 7.19. The van der Waals surface area contributed by atoms with Gasteiger partial charge in [-0.2, -0.15) is 0 Å². The van der Waals surface area contributed by atoms with Gasteiger partial charge >= 0.3 is 5.97 Å². The van der Waals surface area contributed by atoms with Gasteiger partial charge in [-0.1, -0.05) is 24.3 Å². The van der Waals surface area contributed by atoms with Crippen molar-refractivity contribution >= 4 is 22.8 Å². The minimum Gasteiger partial charge on any atom is -0.451 e. The second-order valence-corrected chi connectivity index (χ2v) is 7.19. The van der Waals surface area contributed by atoms with Crippen molar-refractivity contribution < 1.29 is 23.1 Å². The summed E-state index contributed by atoms with van der Waals surface area (Å²) in [4.78, 5) is 29.0. The molecule has 3 aromatic rings. The molecule has 2 aromatic carbocycles. The SMILES string of the molecule is CN(C(=O)COC(=O)c1cc2c(F)ccc(F)c2[nH]1)C1CCCc2ccccc21. The summed E-state index contributed by atoms with van der Waals surface area (Å²) in [6.07, 6.45) is 2.80. The maximum Gasteiger partial charge on any atom is 0.355 e. The van der Waals surface area contributed by atoms with E-state index in [1.54, 1.807) is 11.9 Å². The van der Waals surface area contributed by atoms with Gasteiger partial charge in [0, 0.05) is 12.4 Å². The zero-order valence-electron chi connectivity index (χ0n) is 15.9. The van der Waals surface area contributed by atoms with Crippen LogP contribution in [0.1, 0.15) is 40.5 Å². The summed E-state index contributed by atoms with van der Waals surface area (Å²) < 4.78 is 32.7. The van der Waals surface area contributed by atoms with E-state index in [1.807, 2.05) is 18.2 Å². The number of hydrogen-bond acceptors (Lipinski definition) is 3. The first-order valence-electron chi connectivity index (χ1n) is 9.43. The fraction of sp³-hybridized carbons (Fsp3) is 0.273. The van der Waals surface area contributed by atoms with Gasteiger partial charge in [0.05, 0.1) is 11.6 Å². The van der Waals surface area contributed by atoms with E-state index in [-0.39, 0.29) is 28.5 Å². The fourth-order valence-electron chi connectivity index (χ4n) is 3.87. The molecule has 0 radical (unpaired) electrons. The van der Waals surface area contributed by atoms with Crippen LogP contribution in [-0.2, 0) is 16.0 Å². The van der Waals surface area contributed by atoms with E-state index >= 15 is 0 Å². The van der Waals surface area contributed by atoms with Crippen LogP contribution in [0.2, 0.25) is 0 Å². The van der Waals surface area contributed by atoms with E-state index in [1.165, 1.54) is 11.6 Å². The molecule has 0 aliphatic heterocycles. The lowest BCUT2D eigenvalue weighted by Crippen LogP contribution is -2.36. The number of aryl methyl sites for hydroxylation is 1. The smallest absolute Gasteiger partial charge is 0.355 e. The van der Waals surface area contributed by atoms with Crippen molar-refractivity contribution in [2.75, 3.05) is 13.7 Å². The summed E-state index contributed by atoms with van der Waals surface area (Å²) >= 11 is 0. The van der Waals surface area contributed by atoms with Gasteiger partial charge in [-0.3, -0.25) is 4.79 Å². The molecule has 0 spiro atoms. The van der Waals surface area contributed by atoms with Crippen molar-refractivity contribution in [1.82, 2.24) is 9.88 Å². The van der Waals surface area contributed by atoms with Gasteiger partial charge in [0.1, 0.15) is 17.3 Å². The fourth-order valence-corrected chi connectivity index (χ4v) is 3.87. The van der Waals surface area contributed by atoms with Crippen LogP contribution in [0.4, 0.5) is 8.78 Å². The monoisotopic (exact) mass is 398 g/mol. The Kier molecular flexibility index (Phi) is 5.05. The highest BCUT2D eigenvalue weighted by Crippen LogP contribution is 2.33. The van der Waals surface area contributed by atoms with Crippen LogP contribution in [0.25, 0.3) is 10.9 Å². The number of likely N-dealkylation sites (N-methyl/N-ethyl adjacent to an activating group) is 1. The van der Waals surface area contributed by atoms with Gasteiger partial charge in [0.2, 0.25) is 0 Å². The average Bonchev–Trinajstić information content (AvgIpc) is 3.20. The third-order valence-corrected chi connectivity index (χ3v) is 5.44. The van der Waals surface area contributed by atoms with E-state index in [4.69, 9.17) is 4.74 Å². The number of carbonyl (C=O) groups excluding carboxylic acids is 2. The van der Waals surface area contributed by atoms with Crippen LogP contribution >= 0.6 is 0 Å². The van der Waals surface area contributed by atoms with Crippen molar-refractivity contribution in [3.8, 4) is 0 Å². The Bertz CT molecular complexity index is 1050. The van der Waals surface area contributed by atoms with Gasteiger partial charge in [0.15, 0.2) is 6.61 Å². The Morgan fingerprint density at radius 1 is 1.17 bits per heavy atom. The van der Waals surface area contributed by atoms with E-state index in [0.29, 0.717) is 0 Å². The van der Waals surface area contributed by atoms with E-state index < -0.39 is 24.2 Å². The maximum absolute atomic E-state index is 13.8. The third kappa shape index (κ3) is 3.60. The lowest BCUT2D eigenvalue weighted by molar-refractivity contribution is -0.135. The number of aromatic nitrogens is 1. The number of amides is 1. The van der Waals surface area contributed by atoms with Crippen LogP contribution < -0.4 is 0 Å². The Hall–Kier alpha value is -3.22. The molecule has 0 bridgehead atoms. The van der Waals surface area contributed by atoms with Crippen molar-refractivity contribution in [3.05, 3.63) is 70.9 Å². The summed E-state index contributed by atoms with van der Waals surface area (Å²) in [6, 6.07) is 11.1. The number of carbonyl (C=O) groups is 2. The number of halogens is 2. The molecule has 1 aromatic heterocycles. The summed E-state index contributed by atoms with van der Waals surface area (Å²) in [6.45, 7) is -0.450. The number of esters is 1. The first-order valence-corrected chi connectivity index (χ1v) is 9.43. The summed E-state index contributed by atoms with van der Waals surface area (Å²) in [7, 11) is 1.69. The lowest BCUT2D eigenvalue weighted by atomic mass is 9.87. The van der Waals surface area contributed by atoms with E-state index in [0.717, 1.165) is 37.0 Å². The topological polar surface area (TPSA) is 62.4 Å². The molecule has 29 heavy (non-hydrogen) atoms. The Balaban J connectivity index is 1.44. The minimum atomic E-state index is -0.842. The van der Waals surface area contributed by atoms with Crippen LogP contribution in [0.3, 0.4) is 0 Å². The van der Waals surface area contributed by atoms with Gasteiger partial charge in [0.25, 0.3) is 5.91 Å². The molecule has 7 heteroatoms. The average molecular weight is 398 g/mol. The number of nitrogens with one attached hydrogen (secondary N) is 1. The Morgan fingerprint density at radius 3 is 2.72 bits per heavy atom. The van der Waals surface area contributed by atoms with Crippen LogP contribution in [0.5, 0.6) is 0 Å². The number of H-pyrrole nitrogens is 1. The van der Waals surface area contributed by atoms with Crippen LogP contribution in [-0.4, -0.2) is 35.4 Å². The number of aromatic amines is 1. The zero-order chi connectivity index (χ0) is 20.5. The molecule has 0 saturated heterocycles. The molecule has 1 aliphatic rings. The van der Waals surface area contributed by atoms with Crippen molar-refractivity contribution in [2.45, 2.75) is 25.3 Å². The summed E-state index contributed by atoms with van der Waals surface area (Å²) in [5, 5.41) is -0.0424. The van der Waals surface area contributed by atoms with Gasteiger partial charge < -0.3 is 14.6 Å².